The van der Waals surface area contributed by atoms with E-state index in [0.29, 0.717) is 28.4 Å². The van der Waals surface area contributed by atoms with Gasteiger partial charge in [-0.25, -0.2) is 12.7 Å². The van der Waals surface area contributed by atoms with Crippen LogP contribution in [-0.2, 0) is 10.0 Å². The predicted octanol–water partition coefficient (Wildman–Crippen LogP) is 4.86. The summed E-state index contributed by atoms with van der Waals surface area (Å²) < 4.78 is 32.9. The molecule has 3 aromatic rings. The first kappa shape index (κ1) is 24.9. The first-order chi connectivity index (χ1) is 16.1. The number of para-hydroxylation sites is 1. The summed E-state index contributed by atoms with van der Waals surface area (Å²) in [4.78, 5) is 12.7. The van der Waals surface area contributed by atoms with Crippen LogP contribution in [0.2, 0.25) is 0 Å². The fourth-order valence-electron chi connectivity index (χ4n) is 3.28. The molecule has 2 N–H and O–H groups in total. The van der Waals surface area contributed by atoms with Gasteiger partial charge in [-0.1, -0.05) is 36.4 Å². The summed E-state index contributed by atoms with van der Waals surface area (Å²) in [5.41, 5.74) is 2.63. The molecule has 0 bridgehead atoms. The minimum absolute atomic E-state index is 0.0667. The molecule has 0 saturated carbocycles. The number of methoxy groups -OCH3 is 1. The lowest BCUT2D eigenvalue weighted by Crippen LogP contribution is -2.34. The Hall–Kier alpha value is -3.69. The van der Waals surface area contributed by atoms with Crippen molar-refractivity contribution in [3.63, 3.8) is 0 Å². The van der Waals surface area contributed by atoms with Gasteiger partial charge in [-0.3, -0.25) is 10.1 Å². The molecule has 0 aliphatic carbocycles. The van der Waals surface area contributed by atoms with E-state index in [1.807, 2.05) is 19.1 Å². The van der Waals surface area contributed by atoms with E-state index in [9.17, 15) is 13.2 Å². The molecule has 0 fully saturated rings. The SMILES string of the molecule is C=C(C)N(c1ccccc1)S(=O)(=O)c1ccc(NC(=S)NC(=O)c2cc(C)ccc2OC)cc1. The maximum Gasteiger partial charge on any atom is 0.268 e. The van der Waals surface area contributed by atoms with E-state index in [0.717, 1.165) is 5.56 Å². The zero-order valence-corrected chi connectivity index (χ0v) is 20.7. The Balaban J connectivity index is 1.74. The van der Waals surface area contributed by atoms with Gasteiger partial charge in [0.1, 0.15) is 5.75 Å². The molecule has 3 aromatic carbocycles. The van der Waals surface area contributed by atoms with Crippen LogP contribution in [-0.4, -0.2) is 26.5 Å². The second-order valence-electron chi connectivity index (χ2n) is 7.48. The normalized spacial score (nSPS) is 10.8. The standard InChI is InChI=1S/C25H25N3O4S2/c1-17(2)28(20-8-6-5-7-9-20)34(30,31)21-13-11-19(12-14-21)26-25(33)27-24(29)22-16-18(3)10-15-23(22)32-4/h5-16H,1H2,2-4H3,(H2,26,27,29,33). The van der Waals surface area contributed by atoms with Crippen molar-refractivity contribution in [1.29, 1.82) is 0 Å². The largest absolute Gasteiger partial charge is 0.496 e. The molecule has 0 aliphatic rings. The fourth-order valence-corrected chi connectivity index (χ4v) is 4.99. The van der Waals surface area contributed by atoms with Gasteiger partial charge in [-0.15, -0.1) is 0 Å². The molecule has 0 aliphatic heterocycles. The van der Waals surface area contributed by atoms with E-state index in [2.05, 4.69) is 17.2 Å². The molecule has 0 radical (unpaired) electrons. The molecule has 0 aromatic heterocycles. The molecule has 3 rings (SSSR count). The number of amides is 1. The molecular weight excluding hydrogens is 470 g/mol. The topological polar surface area (TPSA) is 87.7 Å². The highest BCUT2D eigenvalue weighted by atomic mass is 32.2. The number of sulfonamides is 1. The van der Waals surface area contributed by atoms with Crippen molar-refractivity contribution in [2.45, 2.75) is 18.7 Å². The van der Waals surface area contributed by atoms with Crippen LogP contribution in [0.15, 0.2) is 90.0 Å². The molecule has 0 spiro atoms. The third-order valence-corrected chi connectivity index (χ3v) is 6.89. The Morgan fingerprint density at radius 1 is 1.03 bits per heavy atom. The summed E-state index contributed by atoms with van der Waals surface area (Å²) in [6.07, 6.45) is 0. The molecular formula is C25H25N3O4S2. The summed E-state index contributed by atoms with van der Waals surface area (Å²) in [7, 11) is -2.39. The van der Waals surface area contributed by atoms with Gasteiger partial charge in [0.2, 0.25) is 0 Å². The van der Waals surface area contributed by atoms with Crippen LogP contribution < -0.4 is 19.7 Å². The lowest BCUT2D eigenvalue weighted by Gasteiger charge is -2.24. The van der Waals surface area contributed by atoms with Crippen LogP contribution in [0.1, 0.15) is 22.8 Å². The number of anilines is 2. The minimum Gasteiger partial charge on any atom is -0.496 e. The smallest absolute Gasteiger partial charge is 0.268 e. The number of carbonyl (C=O) groups is 1. The van der Waals surface area contributed by atoms with E-state index in [1.54, 1.807) is 55.5 Å². The molecule has 176 valence electrons. The zero-order chi connectivity index (χ0) is 24.9. The Kier molecular flexibility index (Phi) is 7.70. The van der Waals surface area contributed by atoms with Gasteiger partial charge >= 0.3 is 0 Å². The first-order valence-electron chi connectivity index (χ1n) is 10.3. The van der Waals surface area contributed by atoms with Crippen molar-refractivity contribution >= 4 is 44.6 Å². The maximum absolute atomic E-state index is 13.2. The van der Waals surface area contributed by atoms with Crippen molar-refractivity contribution in [3.8, 4) is 5.75 Å². The van der Waals surface area contributed by atoms with E-state index < -0.39 is 15.9 Å². The number of nitrogens with zero attached hydrogens (tertiary/aromatic N) is 1. The molecule has 0 atom stereocenters. The van der Waals surface area contributed by atoms with E-state index in [1.165, 1.54) is 23.5 Å². The van der Waals surface area contributed by atoms with Gasteiger partial charge in [-0.05, 0) is 74.6 Å². The zero-order valence-electron chi connectivity index (χ0n) is 19.0. The second-order valence-corrected chi connectivity index (χ2v) is 9.67. The Morgan fingerprint density at radius 2 is 1.68 bits per heavy atom. The van der Waals surface area contributed by atoms with Crippen molar-refractivity contribution in [2.75, 3.05) is 16.7 Å². The van der Waals surface area contributed by atoms with Gasteiger partial charge in [0.15, 0.2) is 5.11 Å². The summed E-state index contributed by atoms with van der Waals surface area (Å²) in [5, 5.41) is 5.57. The van der Waals surface area contributed by atoms with Gasteiger partial charge in [0.25, 0.3) is 15.9 Å². The average molecular weight is 496 g/mol. The molecule has 9 heteroatoms. The van der Waals surface area contributed by atoms with Crippen LogP contribution in [0, 0.1) is 6.92 Å². The highest BCUT2D eigenvalue weighted by molar-refractivity contribution is 7.93. The van der Waals surface area contributed by atoms with Gasteiger partial charge in [0.05, 0.1) is 23.3 Å². The monoisotopic (exact) mass is 495 g/mol. The van der Waals surface area contributed by atoms with Gasteiger partial charge < -0.3 is 10.1 Å². The van der Waals surface area contributed by atoms with E-state index in [4.69, 9.17) is 17.0 Å². The number of benzene rings is 3. The van der Waals surface area contributed by atoms with Gasteiger partial charge in [0, 0.05) is 11.4 Å². The molecule has 7 nitrogen and oxygen atoms in total. The number of allylic oxidation sites excluding steroid dienone is 1. The van der Waals surface area contributed by atoms with Crippen LogP contribution in [0.3, 0.4) is 0 Å². The second kappa shape index (κ2) is 10.5. The lowest BCUT2D eigenvalue weighted by molar-refractivity contribution is 0.0974. The molecule has 1 amide bonds. The summed E-state index contributed by atoms with van der Waals surface area (Å²) in [6, 6.07) is 20.1. The number of aryl methyl sites for hydroxylation is 1. The maximum atomic E-state index is 13.2. The Labute approximate surface area is 205 Å². The summed E-state index contributed by atoms with van der Waals surface area (Å²) in [6.45, 7) is 7.32. The molecule has 0 unspecified atom stereocenters. The Bertz CT molecular complexity index is 1320. The molecule has 0 heterocycles. The third-order valence-electron chi connectivity index (χ3n) is 4.81. The third kappa shape index (κ3) is 5.62. The minimum atomic E-state index is -3.88. The number of nitrogens with one attached hydrogen (secondary N) is 2. The van der Waals surface area contributed by atoms with Crippen LogP contribution in [0.25, 0.3) is 0 Å². The Morgan fingerprint density at radius 3 is 2.26 bits per heavy atom. The summed E-state index contributed by atoms with van der Waals surface area (Å²) in [5.74, 6) is 0.0122. The first-order valence-corrected chi connectivity index (χ1v) is 12.1. The summed E-state index contributed by atoms with van der Waals surface area (Å²) >= 11 is 5.25. The number of ether oxygens (including phenoxy) is 1. The number of hydrogen-bond acceptors (Lipinski definition) is 5. The number of carbonyl (C=O) groups excluding carboxylic acids is 1. The number of thiocarbonyl (C=S) groups is 1. The number of rotatable bonds is 7. The molecule has 0 saturated heterocycles. The lowest BCUT2D eigenvalue weighted by atomic mass is 10.1. The van der Waals surface area contributed by atoms with Crippen molar-refractivity contribution in [1.82, 2.24) is 5.32 Å². The van der Waals surface area contributed by atoms with E-state index in [-0.39, 0.29) is 10.0 Å². The fraction of sp³-hybridized carbons (Fsp3) is 0.120. The highest BCUT2D eigenvalue weighted by Crippen LogP contribution is 2.27. The molecule has 34 heavy (non-hydrogen) atoms. The van der Waals surface area contributed by atoms with Crippen molar-refractivity contribution in [2.24, 2.45) is 0 Å². The predicted molar refractivity (Wildman–Crippen MR) is 139 cm³/mol. The van der Waals surface area contributed by atoms with Gasteiger partial charge in [-0.2, -0.15) is 0 Å². The van der Waals surface area contributed by atoms with E-state index >= 15 is 0 Å². The van der Waals surface area contributed by atoms with Crippen molar-refractivity contribution < 1.29 is 17.9 Å². The quantitative estimate of drug-likeness (QED) is 0.455. The van der Waals surface area contributed by atoms with Crippen LogP contribution >= 0.6 is 12.2 Å². The van der Waals surface area contributed by atoms with Crippen LogP contribution in [0.5, 0.6) is 5.75 Å². The average Bonchev–Trinajstić information content (AvgIpc) is 2.79. The highest BCUT2D eigenvalue weighted by Gasteiger charge is 2.25. The van der Waals surface area contributed by atoms with Crippen LogP contribution in [0.4, 0.5) is 11.4 Å². The number of hydrogen-bond donors (Lipinski definition) is 2. The van der Waals surface area contributed by atoms with Crippen molar-refractivity contribution in [3.05, 3.63) is 96.2 Å².